The number of rotatable bonds is 14. The minimum atomic E-state index is -3.93. The van der Waals surface area contributed by atoms with Gasteiger partial charge in [0.25, 0.3) is 20.2 Å². The maximum absolute atomic E-state index is 12.7. The van der Waals surface area contributed by atoms with Gasteiger partial charge in [-0.1, -0.05) is 102 Å². The first-order chi connectivity index (χ1) is 22.6. The van der Waals surface area contributed by atoms with Crippen LogP contribution in [0.5, 0.6) is 0 Å². The van der Waals surface area contributed by atoms with Gasteiger partial charge < -0.3 is 14.2 Å². The van der Waals surface area contributed by atoms with E-state index in [-0.39, 0.29) is 26.1 Å². The molecule has 4 unspecified atom stereocenters. The highest BCUT2D eigenvalue weighted by Gasteiger charge is 2.29. The number of esters is 2. The van der Waals surface area contributed by atoms with E-state index in [1.165, 1.54) is 0 Å². The van der Waals surface area contributed by atoms with Crippen LogP contribution in [-0.4, -0.2) is 78.9 Å². The maximum atomic E-state index is 12.7. The van der Waals surface area contributed by atoms with Gasteiger partial charge in [0.2, 0.25) is 0 Å². The number of carbonyl (C=O) groups excluding carboxylic acids is 2. The summed E-state index contributed by atoms with van der Waals surface area (Å²) in [7, 11) is -7.86. The number of benzene rings is 2. The molecule has 2 aromatic rings. The van der Waals surface area contributed by atoms with E-state index in [0.29, 0.717) is 11.1 Å². The molecule has 0 fully saturated rings. The van der Waals surface area contributed by atoms with Gasteiger partial charge in [0.15, 0.2) is 12.2 Å². The Labute approximate surface area is 291 Å². The second-order valence-electron chi connectivity index (χ2n) is 13.5. The smallest absolute Gasteiger partial charge is 0.339 e. The van der Waals surface area contributed by atoms with Gasteiger partial charge in [0.1, 0.15) is 12.2 Å². The van der Waals surface area contributed by atoms with Gasteiger partial charge in [0.05, 0.1) is 36.9 Å². The summed E-state index contributed by atoms with van der Waals surface area (Å²) in [4.78, 5) is 25.3. The molecule has 0 aliphatic carbocycles. The van der Waals surface area contributed by atoms with Crippen LogP contribution in [0.4, 0.5) is 0 Å². The average molecular weight is 719 g/mol. The average Bonchev–Trinajstić information content (AvgIpc) is 2.98. The fourth-order valence-electron chi connectivity index (χ4n) is 3.94. The Morgan fingerprint density at radius 3 is 1.22 bits per heavy atom. The molecular weight excluding hydrogens is 673 g/mol. The zero-order chi connectivity index (χ0) is 36.9. The zero-order valence-electron chi connectivity index (χ0n) is 29.2. The molecule has 0 amide bonds. The van der Waals surface area contributed by atoms with E-state index in [9.17, 15) is 26.4 Å². The molecule has 0 N–H and O–H groups in total. The lowest BCUT2D eigenvalue weighted by Crippen LogP contribution is -2.31. The lowest BCUT2D eigenvalue weighted by atomic mass is 9.89. The van der Waals surface area contributed by atoms with Crippen molar-refractivity contribution in [1.29, 1.82) is 0 Å². The maximum Gasteiger partial charge on any atom is 0.339 e. The van der Waals surface area contributed by atoms with Crippen molar-refractivity contribution >= 4 is 32.2 Å². The molecule has 0 aliphatic rings. The third-order valence-electron chi connectivity index (χ3n) is 6.40. The predicted octanol–water partition coefficient (Wildman–Crippen LogP) is 5.02. The van der Waals surface area contributed by atoms with Crippen molar-refractivity contribution in [3.05, 3.63) is 71.8 Å². The Morgan fingerprint density at radius 2 is 0.939 bits per heavy atom. The first kappa shape index (κ1) is 41.5. The third-order valence-corrected chi connectivity index (χ3v) is 7.64. The van der Waals surface area contributed by atoms with E-state index in [1.807, 2.05) is 41.5 Å². The van der Waals surface area contributed by atoms with Crippen molar-refractivity contribution < 1.29 is 49.0 Å². The van der Waals surface area contributed by atoms with E-state index < -0.39 is 67.4 Å². The molecule has 2 rings (SSSR count). The van der Waals surface area contributed by atoms with Crippen molar-refractivity contribution in [3.63, 3.8) is 0 Å². The summed E-state index contributed by atoms with van der Waals surface area (Å²) in [6.07, 6.45) is -2.24. The Hall–Kier alpha value is -3.72. The Balaban J connectivity index is 2.14. The van der Waals surface area contributed by atoms with Gasteiger partial charge in [-0.05, 0) is 24.3 Å². The third kappa shape index (κ3) is 17.0. The largest absolute Gasteiger partial charge is 0.445 e. The number of hydrogen-bond donors (Lipinski definition) is 0. The molecule has 0 aliphatic heterocycles. The summed E-state index contributed by atoms with van der Waals surface area (Å²) >= 11 is 0. The van der Waals surface area contributed by atoms with Gasteiger partial charge in [0, 0.05) is 23.7 Å². The first-order valence-corrected chi connectivity index (χ1v) is 19.1. The van der Waals surface area contributed by atoms with Gasteiger partial charge >= 0.3 is 11.9 Å². The molecule has 0 heterocycles. The molecule has 0 radical (unpaired) electrons. The molecule has 0 aromatic heterocycles. The molecule has 2 aromatic carbocycles. The summed E-state index contributed by atoms with van der Waals surface area (Å²) in [5, 5.41) is 0. The molecule has 13 heteroatoms. The summed E-state index contributed by atoms with van der Waals surface area (Å²) in [6.45, 7) is 10.5. The Morgan fingerprint density at radius 1 is 0.612 bits per heavy atom. The van der Waals surface area contributed by atoms with Crippen LogP contribution in [0.3, 0.4) is 0 Å². The van der Waals surface area contributed by atoms with Gasteiger partial charge in [-0.15, -0.1) is 0 Å². The van der Waals surface area contributed by atoms with E-state index >= 15 is 0 Å². The molecule has 11 nitrogen and oxygen atoms in total. The zero-order valence-corrected chi connectivity index (χ0v) is 30.9. The van der Waals surface area contributed by atoms with Gasteiger partial charge in [-0.2, -0.15) is 16.8 Å². The van der Waals surface area contributed by atoms with Crippen LogP contribution in [0, 0.1) is 34.5 Å². The second-order valence-corrected chi connectivity index (χ2v) is 16.7. The molecule has 4 atom stereocenters. The predicted molar refractivity (Wildman–Crippen MR) is 185 cm³/mol. The fraction of sp³-hybridized carbons (Fsp3) is 0.500. The second kappa shape index (κ2) is 18.3. The van der Waals surface area contributed by atoms with Crippen molar-refractivity contribution in [2.24, 2.45) is 10.8 Å². The van der Waals surface area contributed by atoms with Crippen LogP contribution in [0.1, 0.15) is 75.1 Å². The van der Waals surface area contributed by atoms with Gasteiger partial charge in [-0.25, -0.2) is 9.59 Å². The van der Waals surface area contributed by atoms with Crippen LogP contribution in [0.25, 0.3) is 0 Å². The highest BCUT2D eigenvalue weighted by Crippen LogP contribution is 2.24. The van der Waals surface area contributed by atoms with E-state index in [1.54, 1.807) is 60.7 Å². The quantitative estimate of drug-likeness (QED) is 0.147. The molecule has 0 bridgehead atoms. The van der Waals surface area contributed by atoms with Crippen LogP contribution < -0.4 is 0 Å². The van der Waals surface area contributed by atoms with E-state index in [0.717, 1.165) is 12.5 Å². The van der Waals surface area contributed by atoms with Crippen molar-refractivity contribution in [1.82, 2.24) is 0 Å². The molecule has 268 valence electrons. The summed E-state index contributed by atoms with van der Waals surface area (Å²) < 4.78 is 75.2. The van der Waals surface area contributed by atoms with E-state index in [4.69, 9.17) is 22.6 Å². The molecule has 0 spiro atoms. The van der Waals surface area contributed by atoms with E-state index in [2.05, 4.69) is 23.7 Å². The minimum Gasteiger partial charge on any atom is -0.445 e. The van der Waals surface area contributed by atoms with Crippen LogP contribution in [0.2, 0.25) is 0 Å². The Kier molecular flexibility index (Phi) is 15.5. The summed E-state index contributed by atoms with van der Waals surface area (Å²) in [5.41, 5.74) is -0.403. The normalized spacial score (nSPS) is 14.5. The van der Waals surface area contributed by atoms with Crippen molar-refractivity contribution in [2.75, 3.05) is 25.7 Å². The summed E-state index contributed by atoms with van der Waals surface area (Å²) in [6, 6.07) is 16.9. The lowest BCUT2D eigenvalue weighted by molar-refractivity contribution is 0.0147. The Bertz CT molecular complexity index is 1590. The SMILES string of the molecule is CC(C)(C)C(C#CCC(COCC(CC#CC(OC(=O)c1ccccc1)C(C)(C)C)OS(C)(=O)=O)OS(C)(=O)=O)OC(=O)c1ccccc1. The van der Waals surface area contributed by atoms with Crippen molar-refractivity contribution in [3.8, 4) is 23.7 Å². The minimum absolute atomic E-state index is 0.111. The highest BCUT2D eigenvalue weighted by molar-refractivity contribution is 7.86. The van der Waals surface area contributed by atoms with Crippen LogP contribution >= 0.6 is 0 Å². The monoisotopic (exact) mass is 718 g/mol. The van der Waals surface area contributed by atoms with Crippen molar-refractivity contribution in [2.45, 2.75) is 78.8 Å². The summed E-state index contributed by atoms with van der Waals surface area (Å²) in [5.74, 6) is 10.4. The van der Waals surface area contributed by atoms with Crippen LogP contribution in [0.15, 0.2) is 60.7 Å². The topological polar surface area (TPSA) is 149 Å². The fourth-order valence-corrected chi connectivity index (χ4v) is 5.18. The standard InChI is InChI=1S/C36H46O11S2/c1-35(2,3)31(44-33(37)27-17-11-9-12-18-27)23-15-21-29(46-48(7,39)40)25-43-26-30(47-49(8,41)42)22-16-24-32(36(4,5)6)45-34(38)28-19-13-10-14-20-28/h9-14,17-20,29-32H,21-22,25-26H2,1-8H3. The number of ether oxygens (including phenoxy) is 3. The molecule has 49 heavy (non-hydrogen) atoms. The highest BCUT2D eigenvalue weighted by atomic mass is 32.2. The number of hydrogen-bond acceptors (Lipinski definition) is 11. The van der Waals surface area contributed by atoms with Gasteiger partial charge in [-0.3, -0.25) is 8.37 Å². The molecule has 0 saturated carbocycles. The number of carbonyl (C=O) groups is 2. The molecular formula is C36H46O11S2. The molecule has 0 saturated heterocycles. The lowest BCUT2D eigenvalue weighted by Gasteiger charge is -2.26. The first-order valence-electron chi connectivity index (χ1n) is 15.5. The van der Waals surface area contributed by atoms with Crippen LogP contribution in [-0.2, 0) is 42.8 Å².